The summed E-state index contributed by atoms with van der Waals surface area (Å²) in [6, 6.07) is 5.08. The fraction of sp³-hybridized carbons (Fsp3) is 0.400. The molecule has 0 unspecified atom stereocenters. The van der Waals surface area contributed by atoms with Crippen LogP contribution in [-0.4, -0.2) is 20.7 Å². The van der Waals surface area contributed by atoms with Gasteiger partial charge < -0.3 is 5.73 Å². The van der Waals surface area contributed by atoms with Crippen LogP contribution in [0.4, 0.5) is 5.69 Å². The molecule has 4 nitrogen and oxygen atoms in total. The highest BCUT2D eigenvalue weighted by atomic mass is 35.5. The molecule has 0 aliphatic carbocycles. The van der Waals surface area contributed by atoms with Crippen molar-refractivity contribution in [1.29, 1.82) is 0 Å². The lowest BCUT2D eigenvalue weighted by Gasteiger charge is -2.10. The standard InChI is InChI=1S/C10H15ClN2O2S/c1-8-3-4-9(11)7-10(8)13-16(14,15)6-2-5-12/h3-4,7,13H,2,5-6,12H2,1H3. The fourth-order valence-electron chi connectivity index (χ4n) is 1.20. The van der Waals surface area contributed by atoms with E-state index < -0.39 is 10.0 Å². The van der Waals surface area contributed by atoms with Gasteiger partial charge in [-0.15, -0.1) is 0 Å². The van der Waals surface area contributed by atoms with Gasteiger partial charge in [0.05, 0.1) is 11.4 Å². The van der Waals surface area contributed by atoms with Crippen LogP contribution in [-0.2, 0) is 10.0 Å². The number of hydrogen-bond acceptors (Lipinski definition) is 3. The average molecular weight is 263 g/mol. The van der Waals surface area contributed by atoms with E-state index in [1.807, 2.05) is 6.92 Å². The van der Waals surface area contributed by atoms with Crippen LogP contribution in [0.3, 0.4) is 0 Å². The van der Waals surface area contributed by atoms with Gasteiger partial charge in [0.2, 0.25) is 10.0 Å². The maximum atomic E-state index is 11.6. The van der Waals surface area contributed by atoms with Gasteiger partial charge in [0, 0.05) is 5.02 Å². The van der Waals surface area contributed by atoms with Gasteiger partial charge in [-0.3, -0.25) is 4.72 Å². The lowest BCUT2D eigenvalue weighted by Crippen LogP contribution is -2.19. The molecule has 0 aliphatic heterocycles. The van der Waals surface area contributed by atoms with Gasteiger partial charge in [-0.1, -0.05) is 17.7 Å². The summed E-state index contributed by atoms with van der Waals surface area (Å²) in [7, 11) is -3.32. The first kappa shape index (κ1) is 13.3. The van der Waals surface area contributed by atoms with Crippen LogP contribution in [0.25, 0.3) is 0 Å². The molecule has 6 heteroatoms. The maximum absolute atomic E-state index is 11.6. The van der Waals surface area contributed by atoms with Gasteiger partial charge in [-0.25, -0.2) is 8.42 Å². The summed E-state index contributed by atoms with van der Waals surface area (Å²) in [5.41, 5.74) is 6.62. The minimum atomic E-state index is -3.32. The molecule has 0 atom stereocenters. The Hall–Kier alpha value is -0.780. The third kappa shape index (κ3) is 4.00. The molecule has 0 saturated heterocycles. The zero-order valence-corrected chi connectivity index (χ0v) is 10.6. The molecule has 0 aliphatic rings. The first-order chi connectivity index (χ1) is 7.44. The predicted octanol–water partition coefficient (Wildman–Crippen LogP) is 1.74. The number of nitrogens with one attached hydrogen (secondary N) is 1. The lowest BCUT2D eigenvalue weighted by molar-refractivity contribution is 0.598. The average Bonchev–Trinajstić information content (AvgIpc) is 2.20. The number of nitrogens with two attached hydrogens (primary N) is 1. The molecule has 0 bridgehead atoms. The second-order valence-corrected chi connectivity index (χ2v) is 5.80. The Morgan fingerprint density at radius 3 is 2.75 bits per heavy atom. The van der Waals surface area contributed by atoms with Crippen LogP contribution >= 0.6 is 11.6 Å². The van der Waals surface area contributed by atoms with Crippen molar-refractivity contribution in [3.05, 3.63) is 28.8 Å². The molecule has 1 aromatic rings. The monoisotopic (exact) mass is 262 g/mol. The van der Waals surface area contributed by atoms with Crippen molar-refractivity contribution >= 4 is 27.3 Å². The van der Waals surface area contributed by atoms with E-state index in [-0.39, 0.29) is 5.75 Å². The Morgan fingerprint density at radius 1 is 1.44 bits per heavy atom. The lowest BCUT2D eigenvalue weighted by atomic mass is 10.2. The van der Waals surface area contributed by atoms with Crippen molar-refractivity contribution < 1.29 is 8.42 Å². The van der Waals surface area contributed by atoms with E-state index in [1.165, 1.54) is 0 Å². The molecule has 0 amide bonds. The van der Waals surface area contributed by atoms with Crippen LogP contribution < -0.4 is 10.5 Å². The summed E-state index contributed by atoms with van der Waals surface area (Å²) in [5.74, 6) is 0.0233. The van der Waals surface area contributed by atoms with E-state index in [2.05, 4.69) is 4.72 Å². The number of halogens is 1. The first-order valence-electron chi connectivity index (χ1n) is 4.91. The molecule has 3 N–H and O–H groups in total. The molecule has 90 valence electrons. The van der Waals surface area contributed by atoms with Gasteiger partial charge in [0.1, 0.15) is 0 Å². The predicted molar refractivity (Wildman–Crippen MR) is 67.3 cm³/mol. The zero-order chi connectivity index (χ0) is 12.2. The van der Waals surface area contributed by atoms with E-state index in [0.717, 1.165) is 5.56 Å². The van der Waals surface area contributed by atoms with Crippen LogP contribution in [0.5, 0.6) is 0 Å². The zero-order valence-electron chi connectivity index (χ0n) is 9.03. The van der Waals surface area contributed by atoms with Crippen LogP contribution in [0.15, 0.2) is 18.2 Å². The second-order valence-electron chi connectivity index (χ2n) is 3.52. The third-order valence-corrected chi connectivity index (χ3v) is 3.67. The molecular formula is C10H15ClN2O2S. The molecule has 16 heavy (non-hydrogen) atoms. The third-order valence-electron chi connectivity index (χ3n) is 2.08. The van der Waals surface area contributed by atoms with Crippen molar-refractivity contribution in [2.45, 2.75) is 13.3 Å². The van der Waals surface area contributed by atoms with Crippen molar-refractivity contribution in [2.24, 2.45) is 5.73 Å². The number of sulfonamides is 1. The highest BCUT2D eigenvalue weighted by Crippen LogP contribution is 2.21. The number of hydrogen-bond donors (Lipinski definition) is 2. The van der Waals surface area contributed by atoms with Crippen molar-refractivity contribution in [3.8, 4) is 0 Å². The van der Waals surface area contributed by atoms with Crippen molar-refractivity contribution in [2.75, 3.05) is 17.0 Å². The highest BCUT2D eigenvalue weighted by Gasteiger charge is 2.11. The Bertz CT molecular complexity index is 460. The van der Waals surface area contributed by atoms with Crippen molar-refractivity contribution in [1.82, 2.24) is 0 Å². The Labute approximate surface area is 101 Å². The van der Waals surface area contributed by atoms with Gasteiger partial charge in [0.25, 0.3) is 0 Å². The molecule has 1 rings (SSSR count). The molecular weight excluding hydrogens is 248 g/mol. The quantitative estimate of drug-likeness (QED) is 0.849. The van der Waals surface area contributed by atoms with E-state index in [4.69, 9.17) is 17.3 Å². The summed E-state index contributed by atoms with van der Waals surface area (Å²) in [5, 5.41) is 0.502. The van der Waals surface area contributed by atoms with E-state index in [9.17, 15) is 8.42 Å². The van der Waals surface area contributed by atoms with Crippen LogP contribution in [0.2, 0.25) is 5.02 Å². The second kappa shape index (κ2) is 5.52. The van der Waals surface area contributed by atoms with E-state index in [0.29, 0.717) is 23.7 Å². The summed E-state index contributed by atoms with van der Waals surface area (Å²) in [6.45, 7) is 2.17. The van der Waals surface area contributed by atoms with Gasteiger partial charge in [-0.2, -0.15) is 0 Å². The number of rotatable bonds is 5. The van der Waals surface area contributed by atoms with Crippen molar-refractivity contribution in [3.63, 3.8) is 0 Å². The largest absolute Gasteiger partial charge is 0.330 e. The molecule has 1 aromatic carbocycles. The summed E-state index contributed by atoms with van der Waals surface area (Å²) in [4.78, 5) is 0. The van der Waals surface area contributed by atoms with Gasteiger partial charge in [-0.05, 0) is 37.6 Å². The van der Waals surface area contributed by atoms with Crippen LogP contribution in [0.1, 0.15) is 12.0 Å². The first-order valence-corrected chi connectivity index (χ1v) is 6.94. The van der Waals surface area contributed by atoms with Crippen LogP contribution in [0, 0.1) is 6.92 Å². The van der Waals surface area contributed by atoms with Gasteiger partial charge in [0.15, 0.2) is 0 Å². The Balaban J connectivity index is 2.83. The van der Waals surface area contributed by atoms with E-state index in [1.54, 1.807) is 18.2 Å². The number of anilines is 1. The fourth-order valence-corrected chi connectivity index (χ4v) is 2.57. The van der Waals surface area contributed by atoms with Gasteiger partial charge >= 0.3 is 0 Å². The molecule has 0 spiro atoms. The number of aryl methyl sites for hydroxylation is 1. The molecule has 0 heterocycles. The topological polar surface area (TPSA) is 72.2 Å². The summed E-state index contributed by atoms with van der Waals surface area (Å²) >= 11 is 5.80. The normalized spacial score (nSPS) is 11.4. The molecule has 0 saturated carbocycles. The number of benzene rings is 1. The highest BCUT2D eigenvalue weighted by molar-refractivity contribution is 7.92. The minimum Gasteiger partial charge on any atom is -0.330 e. The smallest absolute Gasteiger partial charge is 0.232 e. The molecule has 0 aromatic heterocycles. The minimum absolute atomic E-state index is 0.0233. The molecule has 0 radical (unpaired) electrons. The summed E-state index contributed by atoms with van der Waals surface area (Å²) in [6.07, 6.45) is 0.439. The maximum Gasteiger partial charge on any atom is 0.232 e. The Kier molecular flexibility index (Phi) is 4.58. The molecule has 0 fully saturated rings. The SMILES string of the molecule is Cc1ccc(Cl)cc1NS(=O)(=O)CCCN. The Morgan fingerprint density at radius 2 is 2.12 bits per heavy atom. The summed E-state index contributed by atoms with van der Waals surface area (Å²) < 4.78 is 25.7. The van der Waals surface area contributed by atoms with E-state index >= 15 is 0 Å².